The van der Waals surface area contributed by atoms with Crippen LogP contribution < -0.4 is 0 Å². The van der Waals surface area contributed by atoms with Gasteiger partial charge in [-0.15, -0.1) is 0 Å². The van der Waals surface area contributed by atoms with Crippen LogP contribution >= 0.6 is 0 Å². The van der Waals surface area contributed by atoms with Crippen molar-refractivity contribution in [1.29, 1.82) is 0 Å². The van der Waals surface area contributed by atoms with E-state index in [1.54, 1.807) is 30.2 Å². The van der Waals surface area contributed by atoms with Crippen LogP contribution in [-0.2, 0) is 18.4 Å². The fourth-order valence-electron chi connectivity index (χ4n) is 4.10. The predicted molar refractivity (Wildman–Crippen MR) is 95.0 cm³/mol. The SMILES string of the molecule is Cn1nccc1C(=O)N1CCC2(CC1)CC(=O)N(Cc1cccnc1)C2. The van der Waals surface area contributed by atoms with Gasteiger partial charge in [-0.1, -0.05) is 6.07 Å². The number of piperidine rings is 1. The lowest BCUT2D eigenvalue weighted by Crippen LogP contribution is -2.44. The summed E-state index contributed by atoms with van der Waals surface area (Å²) in [5.41, 5.74) is 1.67. The summed E-state index contributed by atoms with van der Waals surface area (Å²) in [5, 5.41) is 4.08. The molecule has 2 aliphatic heterocycles. The van der Waals surface area contributed by atoms with Crippen molar-refractivity contribution in [3.63, 3.8) is 0 Å². The Balaban J connectivity index is 1.39. The number of rotatable bonds is 3. The Kier molecular flexibility index (Phi) is 4.22. The molecule has 1 spiro atoms. The summed E-state index contributed by atoms with van der Waals surface area (Å²) in [6.45, 7) is 2.77. The van der Waals surface area contributed by atoms with Gasteiger partial charge in [0.2, 0.25) is 5.91 Å². The minimum atomic E-state index is 0.00251. The molecule has 0 saturated carbocycles. The number of aromatic nitrogens is 3. The molecule has 2 fully saturated rings. The van der Waals surface area contributed by atoms with Gasteiger partial charge in [-0.25, -0.2) is 0 Å². The van der Waals surface area contributed by atoms with E-state index in [0.29, 0.717) is 31.7 Å². The number of aryl methyl sites for hydroxylation is 1. The van der Waals surface area contributed by atoms with Gasteiger partial charge < -0.3 is 9.80 Å². The number of carbonyl (C=O) groups is 2. The maximum atomic E-state index is 12.6. The topological polar surface area (TPSA) is 71.3 Å². The molecule has 4 heterocycles. The van der Waals surface area contributed by atoms with Gasteiger partial charge in [0.15, 0.2) is 0 Å². The molecule has 2 saturated heterocycles. The predicted octanol–water partition coefficient (Wildman–Crippen LogP) is 1.47. The van der Waals surface area contributed by atoms with Crippen molar-refractivity contribution in [1.82, 2.24) is 24.6 Å². The van der Waals surface area contributed by atoms with E-state index >= 15 is 0 Å². The molecular weight excluding hydrogens is 330 g/mol. The summed E-state index contributed by atoms with van der Waals surface area (Å²) in [4.78, 5) is 33.1. The van der Waals surface area contributed by atoms with Crippen LogP contribution in [0.3, 0.4) is 0 Å². The zero-order valence-corrected chi connectivity index (χ0v) is 15.0. The second kappa shape index (κ2) is 6.55. The second-order valence-electron chi connectivity index (χ2n) is 7.42. The van der Waals surface area contributed by atoms with Crippen molar-refractivity contribution in [3.05, 3.63) is 48.0 Å². The summed E-state index contributed by atoms with van der Waals surface area (Å²) in [7, 11) is 1.78. The Morgan fingerprint density at radius 1 is 1.23 bits per heavy atom. The first-order valence-corrected chi connectivity index (χ1v) is 9.00. The molecule has 0 radical (unpaired) electrons. The number of amides is 2. The molecule has 0 bridgehead atoms. The molecule has 2 aromatic heterocycles. The standard InChI is InChI=1S/C19H23N5O2/c1-22-16(4-8-21-22)18(26)23-9-5-19(6-10-23)11-17(25)24(14-19)13-15-3-2-7-20-12-15/h2-4,7-8,12H,5-6,9-11,13-14H2,1H3. The highest BCUT2D eigenvalue weighted by Crippen LogP contribution is 2.41. The molecule has 2 amide bonds. The maximum Gasteiger partial charge on any atom is 0.272 e. The quantitative estimate of drug-likeness (QED) is 0.838. The highest BCUT2D eigenvalue weighted by Gasteiger charge is 2.45. The number of nitrogens with zero attached hydrogens (tertiary/aromatic N) is 5. The summed E-state index contributed by atoms with van der Waals surface area (Å²) in [6.07, 6.45) is 7.52. The summed E-state index contributed by atoms with van der Waals surface area (Å²) in [6, 6.07) is 5.65. The molecule has 0 unspecified atom stereocenters. The molecule has 2 aliphatic rings. The van der Waals surface area contributed by atoms with Gasteiger partial charge in [-0.3, -0.25) is 19.3 Å². The van der Waals surface area contributed by atoms with E-state index in [2.05, 4.69) is 10.1 Å². The van der Waals surface area contributed by atoms with Crippen molar-refractivity contribution < 1.29 is 9.59 Å². The molecule has 26 heavy (non-hydrogen) atoms. The fourth-order valence-corrected chi connectivity index (χ4v) is 4.10. The largest absolute Gasteiger partial charge is 0.338 e. The van der Waals surface area contributed by atoms with Crippen LogP contribution in [0.1, 0.15) is 35.3 Å². The molecule has 0 N–H and O–H groups in total. The minimum Gasteiger partial charge on any atom is -0.338 e. The van der Waals surface area contributed by atoms with E-state index in [4.69, 9.17) is 0 Å². The maximum absolute atomic E-state index is 12.6. The van der Waals surface area contributed by atoms with Crippen LogP contribution in [0, 0.1) is 5.41 Å². The zero-order valence-electron chi connectivity index (χ0n) is 15.0. The third-order valence-electron chi connectivity index (χ3n) is 5.65. The highest BCUT2D eigenvalue weighted by molar-refractivity contribution is 5.92. The first-order valence-electron chi connectivity index (χ1n) is 9.00. The average molecular weight is 353 g/mol. The minimum absolute atomic E-state index is 0.00251. The van der Waals surface area contributed by atoms with Gasteiger partial charge in [0.25, 0.3) is 5.91 Å². The van der Waals surface area contributed by atoms with Gasteiger partial charge in [0.1, 0.15) is 5.69 Å². The van der Waals surface area contributed by atoms with E-state index in [1.165, 1.54) is 0 Å². The number of likely N-dealkylation sites (tertiary alicyclic amines) is 2. The van der Waals surface area contributed by atoms with Gasteiger partial charge in [0, 0.05) is 63.7 Å². The summed E-state index contributed by atoms with van der Waals surface area (Å²) >= 11 is 0. The van der Waals surface area contributed by atoms with Crippen LogP contribution in [-0.4, -0.2) is 56.0 Å². The normalized spacial score (nSPS) is 19.3. The first-order chi connectivity index (χ1) is 12.6. The van der Waals surface area contributed by atoms with E-state index < -0.39 is 0 Å². The highest BCUT2D eigenvalue weighted by atomic mass is 16.2. The van der Waals surface area contributed by atoms with Crippen LogP contribution in [0.4, 0.5) is 0 Å². The summed E-state index contributed by atoms with van der Waals surface area (Å²) in [5.74, 6) is 0.233. The van der Waals surface area contributed by atoms with Crippen LogP contribution in [0.15, 0.2) is 36.8 Å². The molecule has 7 nitrogen and oxygen atoms in total. The van der Waals surface area contributed by atoms with Crippen molar-refractivity contribution >= 4 is 11.8 Å². The number of hydrogen-bond donors (Lipinski definition) is 0. The second-order valence-corrected chi connectivity index (χ2v) is 7.42. The van der Waals surface area contributed by atoms with Crippen molar-refractivity contribution in [3.8, 4) is 0 Å². The molecular formula is C19H23N5O2. The van der Waals surface area contributed by atoms with E-state index in [-0.39, 0.29) is 17.2 Å². The molecule has 136 valence electrons. The number of pyridine rings is 1. The Hall–Kier alpha value is -2.70. The van der Waals surface area contributed by atoms with Crippen LogP contribution in [0.2, 0.25) is 0 Å². The van der Waals surface area contributed by atoms with E-state index in [9.17, 15) is 9.59 Å². The van der Waals surface area contributed by atoms with Crippen molar-refractivity contribution in [2.24, 2.45) is 12.5 Å². The van der Waals surface area contributed by atoms with Gasteiger partial charge in [-0.2, -0.15) is 5.10 Å². The van der Waals surface area contributed by atoms with Crippen molar-refractivity contribution in [2.45, 2.75) is 25.8 Å². The Labute approximate surface area is 152 Å². The number of hydrogen-bond acceptors (Lipinski definition) is 4. The van der Waals surface area contributed by atoms with Crippen LogP contribution in [0.25, 0.3) is 0 Å². The lowest BCUT2D eigenvalue weighted by Gasteiger charge is -2.38. The van der Waals surface area contributed by atoms with E-state index in [1.807, 2.05) is 28.1 Å². The monoisotopic (exact) mass is 353 g/mol. The van der Waals surface area contributed by atoms with E-state index in [0.717, 1.165) is 24.9 Å². The molecule has 7 heteroatoms. The van der Waals surface area contributed by atoms with Crippen molar-refractivity contribution in [2.75, 3.05) is 19.6 Å². The molecule has 0 aliphatic carbocycles. The zero-order chi connectivity index (χ0) is 18.1. The Morgan fingerprint density at radius 2 is 2.04 bits per heavy atom. The molecule has 4 rings (SSSR count). The van der Waals surface area contributed by atoms with Crippen LogP contribution in [0.5, 0.6) is 0 Å². The molecule has 0 atom stereocenters. The Bertz CT molecular complexity index is 808. The average Bonchev–Trinajstić information content (AvgIpc) is 3.20. The smallest absolute Gasteiger partial charge is 0.272 e. The van der Waals surface area contributed by atoms with Gasteiger partial charge >= 0.3 is 0 Å². The lowest BCUT2D eigenvalue weighted by atomic mass is 9.77. The fraction of sp³-hybridized carbons (Fsp3) is 0.474. The molecule has 2 aromatic rings. The van der Waals surface area contributed by atoms with Gasteiger partial charge in [0.05, 0.1) is 0 Å². The summed E-state index contributed by atoms with van der Waals surface area (Å²) < 4.78 is 1.61. The molecule has 0 aromatic carbocycles. The number of carbonyl (C=O) groups excluding carboxylic acids is 2. The Morgan fingerprint density at radius 3 is 2.69 bits per heavy atom. The first kappa shape index (κ1) is 16.8. The third-order valence-corrected chi connectivity index (χ3v) is 5.65. The van der Waals surface area contributed by atoms with Gasteiger partial charge in [-0.05, 0) is 30.5 Å². The lowest BCUT2D eigenvalue weighted by molar-refractivity contribution is -0.128. The third kappa shape index (κ3) is 3.09.